The van der Waals surface area contributed by atoms with Crippen LogP contribution in [0.2, 0.25) is 0 Å². The van der Waals surface area contributed by atoms with Gasteiger partial charge < -0.3 is 9.88 Å². The Hall–Kier alpha value is -1.35. The van der Waals surface area contributed by atoms with Gasteiger partial charge in [0.15, 0.2) is 0 Å². The van der Waals surface area contributed by atoms with Gasteiger partial charge in [0.25, 0.3) is 0 Å². The first kappa shape index (κ1) is 11.1. The Morgan fingerprint density at radius 1 is 1.44 bits per heavy atom. The zero-order valence-corrected chi connectivity index (χ0v) is 10.2. The van der Waals surface area contributed by atoms with Gasteiger partial charge in [0.1, 0.15) is 0 Å². The highest BCUT2D eigenvalue weighted by atomic mass is 15.1. The second-order valence-corrected chi connectivity index (χ2v) is 4.26. The molecule has 0 amide bonds. The summed E-state index contributed by atoms with van der Waals surface area (Å²) in [6.07, 6.45) is 3.07. The van der Waals surface area contributed by atoms with E-state index in [0.717, 1.165) is 18.5 Å². The molecule has 3 nitrogen and oxygen atoms in total. The van der Waals surface area contributed by atoms with Gasteiger partial charge in [-0.2, -0.15) is 0 Å². The number of nitrogens with zero attached hydrogens (tertiary/aromatic N) is 2. The lowest BCUT2D eigenvalue weighted by Gasteiger charge is -2.17. The summed E-state index contributed by atoms with van der Waals surface area (Å²) in [6.45, 7) is 5.31. The Kier molecular flexibility index (Phi) is 3.25. The van der Waals surface area contributed by atoms with E-state index in [1.807, 2.05) is 13.4 Å². The van der Waals surface area contributed by atoms with Gasteiger partial charge >= 0.3 is 0 Å². The maximum atomic E-state index is 4.45. The smallest absolute Gasteiger partial charge is 0.0961 e. The molecule has 0 radical (unpaired) electrons. The SMILES string of the molecule is CC[C@@H](CNC)n1cnc2ccc(C)cc21. The van der Waals surface area contributed by atoms with E-state index in [-0.39, 0.29) is 0 Å². The number of fused-ring (bicyclic) bond motifs is 1. The predicted molar refractivity (Wildman–Crippen MR) is 67.7 cm³/mol. The van der Waals surface area contributed by atoms with Crippen LogP contribution in [0.5, 0.6) is 0 Å². The van der Waals surface area contributed by atoms with Crippen molar-refractivity contribution in [3.63, 3.8) is 0 Å². The third-order valence-corrected chi connectivity index (χ3v) is 3.03. The topological polar surface area (TPSA) is 29.9 Å². The molecule has 2 rings (SSSR count). The fourth-order valence-electron chi connectivity index (χ4n) is 2.10. The van der Waals surface area contributed by atoms with Gasteiger partial charge in [0.2, 0.25) is 0 Å². The van der Waals surface area contributed by atoms with Crippen molar-refractivity contribution in [3.05, 3.63) is 30.1 Å². The van der Waals surface area contributed by atoms with Crippen LogP contribution in [0.25, 0.3) is 11.0 Å². The quantitative estimate of drug-likeness (QED) is 0.852. The lowest BCUT2D eigenvalue weighted by molar-refractivity contribution is 0.475. The maximum Gasteiger partial charge on any atom is 0.0961 e. The van der Waals surface area contributed by atoms with Crippen molar-refractivity contribution in [1.29, 1.82) is 0 Å². The van der Waals surface area contributed by atoms with Gasteiger partial charge in [-0.1, -0.05) is 13.0 Å². The molecule has 0 aliphatic rings. The van der Waals surface area contributed by atoms with Crippen LogP contribution >= 0.6 is 0 Å². The molecule has 0 fully saturated rings. The molecule has 0 saturated heterocycles. The first-order valence-electron chi connectivity index (χ1n) is 5.84. The van der Waals surface area contributed by atoms with E-state index in [9.17, 15) is 0 Å². The molecule has 1 aromatic heterocycles. The minimum absolute atomic E-state index is 0.483. The van der Waals surface area contributed by atoms with Crippen LogP contribution in [-0.4, -0.2) is 23.1 Å². The van der Waals surface area contributed by atoms with E-state index in [2.05, 4.69) is 46.9 Å². The van der Waals surface area contributed by atoms with E-state index in [1.165, 1.54) is 11.1 Å². The summed E-state index contributed by atoms with van der Waals surface area (Å²) in [7, 11) is 1.99. The lowest BCUT2D eigenvalue weighted by atomic mass is 10.2. The van der Waals surface area contributed by atoms with Gasteiger partial charge in [-0.05, 0) is 38.1 Å². The summed E-state index contributed by atoms with van der Waals surface area (Å²) in [5, 5.41) is 3.24. The average Bonchev–Trinajstić information content (AvgIpc) is 2.69. The van der Waals surface area contributed by atoms with E-state index in [1.54, 1.807) is 0 Å². The summed E-state index contributed by atoms with van der Waals surface area (Å²) in [6, 6.07) is 6.89. The summed E-state index contributed by atoms with van der Waals surface area (Å²) in [4.78, 5) is 4.45. The van der Waals surface area contributed by atoms with Crippen LogP contribution in [0.3, 0.4) is 0 Å². The highest BCUT2D eigenvalue weighted by molar-refractivity contribution is 5.76. The van der Waals surface area contributed by atoms with Crippen molar-refractivity contribution < 1.29 is 0 Å². The summed E-state index contributed by atoms with van der Waals surface area (Å²) in [5.41, 5.74) is 3.61. The van der Waals surface area contributed by atoms with Crippen molar-refractivity contribution in [2.45, 2.75) is 26.3 Å². The third kappa shape index (κ3) is 1.95. The Labute approximate surface area is 96.5 Å². The minimum atomic E-state index is 0.483. The van der Waals surface area contributed by atoms with Crippen molar-refractivity contribution >= 4 is 11.0 Å². The molecule has 3 heteroatoms. The van der Waals surface area contributed by atoms with Gasteiger partial charge in [-0.3, -0.25) is 0 Å². The van der Waals surface area contributed by atoms with Crippen molar-refractivity contribution in [2.75, 3.05) is 13.6 Å². The van der Waals surface area contributed by atoms with Gasteiger partial charge in [-0.15, -0.1) is 0 Å². The molecule has 86 valence electrons. The molecule has 1 heterocycles. The standard InChI is InChI=1S/C13H19N3/c1-4-11(8-14-3)16-9-15-12-6-5-10(2)7-13(12)16/h5-7,9,11,14H,4,8H2,1-3H3/t11-/m0/s1. The zero-order chi connectivity index (χ0) is 11.5. The van der Waals surface area contributed by atoms with Crippen LogP contribution in [0.1, 0.15) is 24.9 Å². The van der Waals surface area contributed by atoms with Crippen molar-refractivity contribution in [2.24, 2.45) is 0 Å². The van der Waals surface area contributed by atoms with Crippen LogP contribution in [-0.2, 0) is 0 Å². The summed E-state index contributed by atoms with van der Waals surface area (Å²) in [5.74, 6) is 0. The van der Waals surface area contributed by atoms with Crippen LogP contribution in [0.15, 0.2) is 24.5 Å². The number of likely N-dealkylation sites (N-methyl/N-ethyl adjacent to an activating group) is 1. The average molecular weight is 217 g/mol. The molecular formula is C13H19N3. The number of aryl methyl sites for hydroxylation is 1. The number of benzene rings is 1. The van der Waals surface area contributed by atoms with Crippen LogP contribution in [0, 0.1) is 6.92 Å². The number of aromatic nitrogens is 2. The first-order chi connectivity index (χ1) is 7.76. The van der Waals surface area contributed by atoms with E-state index < -0.39 is 0 Å². The molecule has 1 N–H and O–H groups in total. The summed E-state index contributed by atoms with van der Waals surface area (Å²) < 4.78 is 2.28. The summed E-state index contributed by atoms with van der Waals surface area (Å²) >= 11 is 0. The van der Waals surface area contributed by atoms with Crippen molar-refractivity contribution in [1.82, 2.24) is 14.9 Å². The van der Waals surface area contributed by atoms with Gasteiger partial charge in [-0.25, -0.2) is 4.98 Å². The highest BCUT2D eigenvalue weighted by Crippen LogP contribution is 2.20. The number of imidazole rings is 1. The molecule has 16 heavy (non-hydrogen) atoms. The molecule has 2 aromatic rings. The second kappa shape index (κ2) is 4.66. The fourth-order valence-corrected chi connectivity index (χ4v) is 2.10. The van der Waals surface area contributed by atoms with Crippen LogP contribution in [0.4, 0.5) is 0 Å². The van der Waals surface area contributed by atoms with E-state index >= 15 is 0 Å². The first-order valence-corrected chi connectivity index (χ1v) is 5.84. The largest absolute Gasteiger partial charge is 0.326 e. The molecule has 0 aliphatic carbocycles. The number of rotatable bonds is 4. The van der Waals surface area contributed by atoms with Gasteiger partial charge in [0.05, 0.1) is 17.4 Å². The zero-order valence-electron chi connectivity index (χ0n) is 10.2. The molecule has 0 bridgehead atoms. The predicted octanol–water partition coefficient (Wildman–Crippen LogP) is 2.52. The van der Waals surface area contributed by atoms with Gasteiger partial charge in [0, 0.05) is 12.6 Å². The Bertz CT molecular complexity index is 473. The molecule has 1 atom stereocenters. The monoisotopic (exact) mass is 217 g/mol. The van der Waals surface area contributed by atoms with Crippen molar-refractivity contribution in [3.8, 4) is 0 Å². The normalized spacial score (nSPS) is 13.2. The number of nitrogens with one attached hydrogen (secondary N) is 1. The number of hydrogen-bond donors (Lipinski definition) is 1. The Balaban J connectivity index is 2.46. The lowest BCUT2D eigenvalue weighted by Crippen LogP contribution is -2.21. The molecule has 0 saturated carbocycles. The Morgan fingerprint density at radius 2 is 2.25 bits per heavy atom. The molecule has 0 aliphatic heterocycles. The van der Waals surface area contributed by atoms with E-state index in [4.69, 9.17) is 0 Å². The van der Waals surface area contributed by atoms with Crippen LogP contribution < -0.4 is 5.32 Å². The molecule has 0 spiro atoms. The fraction of sp³-hybridized carbons (Fsp3) is 0.462. The Morgan fingerprint density at radius 3 is 2.94 bits per heavy atom. The third-order valence-electron chi connectivity index (χ3n) is 3.03. The second-order valence-electron chi connectivity index (χ2n) is 4.26. The number of hydrogen-bond acceptors (Lipinski definition) is 2. The molecule has 1 aromatic carbocycles. The molecule has 0 unspecified atom stereocenters. The van der Waals surface area contributed by atoms with E-state index in [0.29, 0.717) is 6.04 Å². The highest BCUT2D eigenvalue weighted by Gasteiger charge is 2.11. The maximum absolute atomic E-state index is 4.45. The minimum Gasteiger partial charge on any atom is -0.326 e. The molecular weight excluding hydrogens is 198 g/mol.